The summed E-state index contributed by atoms with van der Waals surface area (Å²) in [6.07, 6.45) is 5.59. The maximum Gasteiger partial charge on any atom is 0.267 e. The maximum absolute atomic E-state index is 12.6. The number of aromatic nitrogens is 1. The molecule has 6 heteroatoms. The topological polar surface area (TPSA) is 71.2 Å². The largest absolute Gasteiger partial charge is 0.382 e. The third-order valence-electron chi connectivity index (χ3n) is 4.23. The average molecular weight is 310 g/mol. The minimum atomic E-state index is 0.00843. The molecule has 0 radical (unpaired) electrons. The number of hydrogen-bond acceptors (Lipinski definition) is 5. The molecule has 1 fully saturated rings. The summed E-state index contributed by atoms with van der Waals surface area (Å²) in [4.78, 5) is 19.3. The lowest BCUT2D eigenvalue weighted by Crippen LogP contribution is -2.39. The van der Waals surface area contributed by atoms with Crippen molar-refractivity contribution in [2.24, 2.45) is 5.92 Å². The minimum Gasteiger partial charge on any atom is -0.382 e. The molecule has 1 aromatic rings. The first kappa shape index (κ1) is 16.1. The summed E-state index contributed by atoms with van der Waals surface area (Å²) in [6, 6.07) is 0.335. The number of nitrogens with two attached hydrogens (primary N) is 1. The molecule has 3 N–H and O–H groups in total. The van der Waals surface area contributed by atoms with Crippen molar-refractivity contribution in [3.05, 3.63) is 4.88 Å². The van der Waals surface area contributed by atoms with Gasteiger partial charge in [0.1, 0.15) is 10.7 Å². The fraction of sp³-hybridized carbons (Fsp3) is 0.733. The Morgan fingerprint density at radius 2 is 2.10 bits per heavy atom. The third kappa shape index (κ3) is 3.87. The number of carbonyl (C=O) groups excluding carboxylic acids is 1. The van der Waals surface area contributed by atoms with Crippen molar-refractivity contribution >= 4 is 28.2 Å². The van der Waals surface area contributed by atoms with Crippen LogP contribution < -0.4 is 11.1 Å². The molecule has 2 rings (SSSR count). The van der Waals surface area contributed by atoms with Crippen molar-refractivity contribution in [1.82, 2.24) is 9.88 Å². The van der Waals surface area contributed by atoms with Gasteiger partial charge in [-0.2, -0.15) is 0 Å². The number of anilines is 2. The first-order valence-corrected chi connectivity index (χ1v) is 8.61. The smallest absolute Gasteiger partial charge is 0.267 e. The third-order valence-corrected chi connectivity index (χ3v) is 5.24. The van der Waals surface area contributed by atoms with Crippen molar-refractivity contribution < 1.29 is 4.79 Å². The van der Waals surface area contributed by atoms with Gasteiger partial charge in [-0.1, -0.05) is 25.2 Å². The van der Waals surface area contributed by atoms with Crippen molar-refractivity contribution in [1.29, 1.82) is 0 Å². The molecule has 0 saturated heterocycles. The second kappa shape index (κ2) is 7.11. The first-order valence-electron chi connectivity index (χ1n) is 7.80. The maximum atomic E-state index is 12.6. The zero-order valence-corrected chi connectivity index (χ0v) is 14.0. The van der Waals surface area contributed by atoms with Crippen LogP contribution in [0.1, 0.15) is 55.6 Å². The average Bonchev–Trinajstić information content (AvgIpc) is 2.85. The Balaban J connectivity index is 2.03. The van der Waals surface area contributed by atoms with E-state index in [1.54, 1.807) is 0 Å². The first-order chi connectivity index (χ1) is 10.0. The molecule has 1 aromatic heterocycles. The molecular formula is C15H26N4OS. The van der Waals surface area contributed by atoms with Gasteiger partial charge < -0.3 is 16.0 Å². The lowest BCUT2D eigenvalue weighted by Gasteiger charge is -2.33. The number of carbonyl (C=O) groups is 1. The van der Waals surface area contributed by atoms with Crippen molar-refractivity contribution in [3.63, 3.8) is 0 Å². The Morgan fingerprint density at radius 1 is 1.43 bits per heavy atom. The minimum absolute atomic E-state index is 0.00843. The van der Waals surface area contributed by atoms with Gasteiger partial charge in [0.2, 0.25) is 0 Å². The van der Waals surface area contributed by atoms with Crippen LogP contribution in [-0.4, -0.2) is 35.4 Å². The van der Waals surface area contributed by atoms with Crippen LogP contribution in [0.2, 0.25) is 0 Å². The molecule has 0 spiro atoms. The SMILES string of the molecule is CCCNc1nc(N)c(C(=O)N(C)C2CCC(C)CC2)s1. The number of thiazole rings is 1. The second-order valence-corrected chi connectivity index (χ2v) is 6.99. The van der Waals surface area contributed by atoms with Crippen molar-refractivity contribution in [2.75, 3.05) is 24.6 Å². The highest BCUT2D eigenvalue weighted by Gasteiger charge is 2.28. The van der Waals surface area contributed by atoms with Crippen LogP contribution >= 0.6 is 11.3 Å². The molecule has 21 heavy (non-hydrogen) atoms. The molecule has 0 aliphatic heterocycles. The van der Waals surface area contributed by atoms with Gasteiger partial charge in [0.15, 0.2) is 5.13 Å². The van der Waals surface area contributed by atoms with Crippen molar-refractivity contribution in [3.8, 4) is 0 Å². The molecule has 118 valence electrons. The number of nitrogen functional groups attached to an aromatic ring is 1. The lowest BCUT2D eigenvalue weighted by atomic mass is 9.87. The zero-order valence-electron chi connectivity index (χ0n) is 13.2. The molecule has 0 unspecified atom stereocenters. The van der Waals surface area contributed by atoms with Crippen molar-refractivity contribution in [2.45, 2.75) is 52.0 Å². The van der Waals surface area contributed by atoms with E-state index >= 15 is 0 Å². The molecular weight excluding hydrogens is 284 g/mol. The Morgan fingerprint density at radius 3 is 2.71 bits per heavy atom. The Kier molecular flexibility index (Phi) is 5.45. The van der Waals surface area contributed by atoms with Gasteiger partial charge in [-0.15, -0.1) is 0 Å². The molecule has 1 heterocycles. The van der Waals surface area contributed by atoms with E-state index in [-0.39, 0.29) is 5.91 Å². The summed E-state index contributed by atoms with van der Waals surface area (Å²) in [7, 11) is 1.89. The highest BCUT2D eigenvalue weighted by atomic mass is 32.1. The second-order valence-electron chi connectivity index (χ2n) is 5.99. The fourth-order valence-electron chi connectivity index (χ4n) is 2.75. The highest BCUT2D eigenvalue weighted by Crippen LogP contribution is 2.30. The fourth-order valence-corrected chi connectivity index (χ4v) is 3.64. The molecule has 1 saturated carbocycles. The molecule has 1 aliphatic rings. The molecule has 0 aromatic carbocycles. The van der Waals surface area contributed by atoms with Gasteiger partial charge in [-0.05, 0) is 38.0 Å². The van der Waals surface area contributed by atoms with Gasteiger partial charge in [-0.25, -0.2) is 4.98 Å². The van der Waals surface area contributed by atoms with E-state index in [4.69, 9.17) is 5.73 Å². The molecule has 5 nitrogen and oxygen atoms in total. The number of amides is 1. The van der Waals surface area contributed by atoms with Gasteiger partial charge in [0, 0.05) is 19.6 Å². The zero-order chi connectivity index (χ0) is 15.4. The van der Waals surface area contributed by atoms with E-state index in [0.717, 1.165) is 36.9 Å². The molecule has 0 atom stereocenters. The standard InChI is InChI=1S/C15H26N4OS/c1-4-9-17-15-18-13(16)12(21-15)14(20)19(3)11-7-5-10(2)6-8-11/h10-11H,4-9,16H2,1-3H3,(H,17,18). The summed E-state index contributed by atoms with van der Waals surface area (Å²) < 4.78 is 0. The monoisotopic (exact) mass is 310 g/mol. The van der Waals surface area contributed by atoms with Crippen LogP contribution in [0.15, 0.2) is 0 Å². The van der Waals surface area contributed by atoms with Gasteiger partial charge in [0.05, 0.1) is 0 Å². The van der Waals surface area contributed by atoms with E-state index in [0.29, 0.717) is 16.7 Å². The molecule has 1 aliphatic carbocycles. The van der Waals surface area contributed by atoms with Gasteiger partial charge in [0.25, 0.3) is 5.91 Å². The van der Waals surface area contributed by atoms with E-state index in [1.807, 2.05) is 11.9 Å². The van der Waals surface area contributed by atoms with E-state index in [9.17, 15) is 4.79 Å². The summed E-state index contributed by atoms with van der Waals surface area (Å²) in [6.45, 7) is 5.22. The predicted octanol–water partition coefficient (Wildman–Crippen LogP) is 3.20. The summed E-state index contributed by atoms with van der Waals surface area (Å²) in [5.74, 6) is 1.14. The normalized spacial score (nSPS) is 22.0. The summed E-state index contributed by atoms with van der Waals surface area (Å²) >= 11 is 1.36. The van der Waals surface area contributed by atoms with Crippen LogP contribution in [0.25, 0.3) is 0 Å². The van der Waals surface area contributed by atoms with Gasteiger partial charge in [-0.3, -0.25) is 4.79 Å². The number of rotatable bonds is 5. The Bertz CT molecular complexity index is 480. The van der Waals surface area contributed by atoms with E-state index in [2.05, 4.69) is 24.1 Å². The van der Waals surface area contributed by atoms with Crippen LogP contribution in [0.4, 0.5) is 10.9 Å². The molecule has 1 amide bonds. The van der Waals surface area contributed by atoms with E-state index in [1.165, 1.54) is 24.2 Å². The predicted molar refractivity (Wildman–Crippen MR) is 88.8 cm³/mol. The van der Waals surface area contributed by atoms with Crippen LogP contribution in [-0.2, 0) is 0 Å². The van der Waals surface area contributed by atoms with Crippen LogP contribution in [0.3, 0.4) is 0 Å². The van der Waals surface area contributed by atoms with Gasteiger partial charge >= 0.3 is 0 Å². The molecule has 0 bridgehead atoms. The van der Waals surface area contributed by atoms with E-state index < -0.39 is 0 Å². The Hall–Kier alpha value is -1.30. The number of nitrogens with zero attached hydrogens (tertiary/aromatic N) is 2. The Labute approximate surface area is 130 Å². The number of nitrogens with one attached hydrogen (secondary N) is 1. The lowest BCUT2D eigenvalue weighted by molar-refractivity contribution is 0.0685. The van der Waals surface area contributed by atoms with Crippen LogP contribution in [0, 0.1) is 5.92 Å². The highest BCUT2D eigenvalue weighted by molar-refractivity contribution is 7.18. The summed E-state index contributed by atoms with van der Waals surface area (Å²) in [5.41, 5.74) is 5.92. The van der Waals surface area contributed by atoms with Crippen LogP contribution in [0.5, 0.6) is 0 Å². The summed E-state index contributed by atoms with van der Waals surface area (Å²) in [5, 5.41) is 3.93. The quantitative estimate of drug-likeness (QED) is 0.876. The number of hydrogen-bond donors (Lipinski definition) is 2.